The van der Waals surface area contributed by atoms with Crippen molar-refractivity contribution in [3.05, 3.63) is 35.1 Å². The molecule has 1 atom stereocenters. The van der Waals surface area contributed by atoms with E-state index in [1.807, 2.05) is 0 Å². The van der Waals surface area contributed by atoms with Gasteiger partial charge in [0.1, 0.15) is 5.82 Å². The van der Waals surface area contributed by atoms with Gasteiger partial charge in [0.2, 0.25) is 0 Å². The van der Waals surface area contributed by atoms with Crippen molar-refractivity contribution in [1.82, 2.24) is 10.6 Å². The van der Waals surface area contributed by atoms with Gasteiger partial charge >= 0.3 is 6.18 Å². The Morgan fingerprint density at radius 3 is 2.67 bits per heavy atom. The Kier molecular flexibility index (Phi) is 5.98. The fourth-order valence-electron chi connectivity index (χ4n) is 2.13. The van der Waals surface area contributed by atoms with Gasteiger partial charge in [0.25, 0.3) is 5.91 Å². The Morgan fingerprint density at radius 1 is 1.38 bits per heavy atom. The van der Waals surface area contributed by atoms with Crippen molar-refractivity contribution in [1.29, 1.82) is 0 Å². The molecule has 118 valence electrons. The van der Waals surface area contributed by atoms with Gasteiger partial charge in [-0.2, -0.15) is 13.2 Å². The van der Waals surface area contributed by atoms with E-state index < -0.39 is 23.5 Å². The molecule has 1 aliphatic heterocycles. The molecule has 1 aromatic carbocycles. The highest BCUT2D eigenvalue weighted by Crippen LogP contribution is 2.31. The predicted molar refractivity (Wildman–Crippen MR) is 72.0 cm³/mol. The minimum Gasteiger partial charge on any atom is -0.350 e. The second-order valence-corrected chi connectivity index (χ2v) is 4.70. The van der Waals surface area contributed by atoms with Crippen molar-refractivity contribution in [2.24, 2.45) is 0 Å². The number of carbonyl (C=O) groups excluding carboxylic acids is 1. The van der Waals surface area contributed by atoms with Crippen LogP contribution in [0.5, 0.6) is 0 Å². The van der Waals surface area contributed by atoms with Gasteiger partial charge in [-0.05, 0) is 37.6 Å². The molecule has 0 aliphatic carbocycles. The topological polar surface area (TPSA) is 41.1 Å². The van der Waals surface area contributed by atoms with Crippen molar-refractivity contribution in [3.8, 4) is 0 Å². The smallest absolute Gasteiger partial charge is 0.350 e. The Balaban J connectivity index is 0.00000220. The van der Waals surface area contributed by atoms with Gasteiger partial charge in [0.15, 0.2) is 0 Å². The predicted octanol–water partition coefficient (Wildman–Crippen LogP) is 2.75. The van der Waals surface area contributed by atoms with Crippen molar-refractivity contribution in [2.75, 3.05) is 13.1 Å². The zero-order chi connectivity index (χ0) is 14.8. The summed E-state index contributed by atoms with van der Waals surface area (Å²) in [7, 11) is 0. The third kappa shape index (κ3) is 4.57. The van der Waals surface area contributed by atoms with E-state index in [0.29, 0.717) is 18.7 Å². The molecule has 0 saturated carbocycles. The Morgan fingerprint density at radius 2 is 2.10 bits per heavy atom. The highest BCUT2D eigenvalue weighted by Gasteiger charge is 2.34. The summed E-state index contributed by atoms with van der Waals surface area (Å²) in [6.07, 6.45) is -2.89. The molecule has 8 heteroatoms. The number of halogens is 5. The third-order valence-corrected chi connectivity index (χ3v) is 3.21. The minimum atomic E-state index is -4.81. The molecule has 0 bridgehead atoms. The second kappa shape index (κ2) is 7.09. The number of benzene rings is 1. The molecule has 1 unspecified atom stereocenters. The summed E-state index contributed by atoms with van der Waals surface area (Å²) in [4.78, 5) is 11.8. The molecule has 0 radical (unpaired) electrons. The number of nitrogens with one attached hydrogen (secondary N) is 2. The summed E-state index contributed by atoms with van der Waals surface area (Å²) >= 11 is 0. The van der Waals surface area contributed by atoms with Crippen LogP contribution in [0.25, 0.3) is 0 Å². The SMILES string of the molecule is Cl.O=C(NCC1CCCN1)c1ccc(F)c(C(F)(F)F)c1. The summed E-state index contributed by atoms with van der Waals surface area (Å²) in [5, 5.41) is 5.70. The number of amides is 1. The van der Waals surface area contributed by atoms with Gasteiger partial charge in [-0.3, -0.25) is 4.79 Å². The van der Waals surface area contributed by atoms with E-state index in [-0.39, 0.29) is 24.0 Å². The van der Waals surface area contributed by atoms with E-state index in [1.165, 1.54) is 0 Å². The average molecular weight is 327 g/mol. The summed E-state index contributed by atoms with van der Waals surface area (Å²) in [6, 6.07) is 2.38. The zero-order valence-corrected chi connectivity index (χ0v) is 11.8. The lowest BCUT2D eigenvalue weighted by Crippen LogP contribution is -2.37. The maximum Gasteiger partial charge on any atom is 0.419 e. The first kappa shape index (κ1) is 17.7. The zero-order valence-electron chi connectivity index (χ0n) is 11.0. The molecule has 2 rings (SSSR count). The minimum absolute atomic E-state index is 0. The maximum absolute atomic E-state index is 13.1. The normalized spacial score (nSPS) is 18.2. The van der Waals surface area contributed by atoms with E-state index >= 15 is 0 Å². The van der Waals surface area contributed by atoms with Crippen molar-refractivity contribution < 1.29 is 22.4 Å². The molecule has 1 fully saturated rings. The first-order valence-electron chi connectivity index (χ1n) is 6.26. The molecule has 1 aromatic rings. The number of hydrogen-bond acceptors (Lipinski definition) is 2. The highest BCUT2D eigenvalue weighted by atomic mass is 35.5. The molecule has 0 spiro atoms. The lowest BCUT2D eigenvalue weighted by Gasteiger charge is -2.13. The van der Waals surface area contributed by atoms with Crippen LogP contribution < -0.4 is 10.6 Å². The number of hydrogen-bond donors (Lipinski definition) is 2. The largest absolute Gasteiger partial charge is 0.419 e. The van der Waals surface area contributed by atoms with Crippen LogP contribution >= 0.6 is 12.4 Å². The van der Waals surface area contributed by atoms with Gasteiger partial charge < -0.3 is 10.6 Å². The summed E-state index contributed by atoms with van der Waals surface area (Å²) in [5.41, 5.74) is -1.62. The van der Waals surface area contributed by atoms with Crippen LogP contribution in [0.3, 0.4) is 0 Å². The molecule has 3 nitrogen and oxygen atoms in total. The molecule has 1 saturated heterocycles. The van der Waals surface area contributed by atoms with Crippen LogP contribution in [-0.2, 0) is 6.18 Å². The average Bonchev–Trinajstić information content (AvgIpc) is 2.88. The Labute approximate surface area is 125 Å². The summed E-state index contributed by atoms with van der Waals surface area (Å²) in [5.74, 6) is -2.02. The van der Waals surface area contributed by atoms with Crippen LogP contribution in [0.4, 0.5) is 17.6 Å². The lowest BCUT2D eigenvalue weighted by molar-refractivity contribution is -0.140. The number of carbonyl (C=O) groups is 1. The van der Waals surface area contributed by atoms with E-state index in [4.69, 9.17) is 0 Å². The van der Waals surface area contributed by atoms with E-state index in [9.17, 15) is 22.4 Å². The summed E-state index contributed by atoms with van der Waals surface area (Å²) < 4.78 is 50.7. The molecular weight excluding hydrogens is 312 g/mol. The Hall–Kier alpha value is -1.34. The van der Waals surface area contributed by atoms with Gasteiger partial charge in [-0.1, -0.05) is 0 Å². The van der Waals surface area contributed by atoms with Crippen LogP contribution in [0.2, 0.25) is 0 Å². The van der Waals surface area contributed by atoms with Crippen molar-refractivity contribution in [2.45, 2.75) is 25.1 Å². The van der Waals surface area contributed by atoms with Gasteiger partial charge in [-0.15, -0.1) is 12.4 Å². The fourth-order valence-corrected chi connectivity index (χ4v) is 2.13. The molecule has 1 heterocycles. The van der Waals surface area contributed by atoms with Crippen LogP contribution in [0, 0.1) is 5.82 Å². The number of rotatable bonds is 3. The third-order valence-electron chi connectivity index (χ3n) is 3.21. The van der Waals surface area contributed by atoms with Crippen molar-refractivity contribution in [3.63, 3.8) is 0 Å². The fraction of sp³-hybridized carbons (Fsp3) is 0.462. The molecule has 2 N–H and O–H groups in total. The van der Waals surface area contributed by atoms with Crippen molar-refractivity contribution >= 4 is 18.3 Å². The van der Waals surface area contributed by atoms with E-state index in [0.717, 1.165) is 25.5 Å². The molecule has 0 aromatic heterocycles. The first-order chi connectivity index (χ1) is 9.38. The summed E-state index contributed by atoms with van der Waals surface area (Å²) in [6.45, 7) is 1.22. The first-order valence-corrected chi connectivity index (χ1v) is 6.26. The van der Waals surface area contributed by atoms with Gasteiger partial charge in [0.05, 0.1) is 5.56 Å². The maximum atomic E-state index is 13.1. The quantitative estimate of drug-likeness (QED) is 0.839. The molecule has 21 heavy (non-hydrogen) atoms. The lowest BCUT2D eigenvalue weighted by atomic mass is 10.1. The van der Waals surface area contributed by atoms with Gasteiger partial charge in [0, 0.05) is 18.2 Å². The van der Waals surface area contributed by atoms with Crippen LogP contribution in [0.1, 0.15) is 28.8 Å². The molecule has 1 aliphatic rings. The molecule has 1 amide bonds. The van der Waals surface area contributed by atoms with E-state index in [2.05, 4.69) is 10.6 Å². The number of alkyl halides is 3. The van der Waals surface area contributed by atoms with Crippen LogP contribution in [-0.4, -0.2) is 25.0 Å². The standard InChI is InChI=1S/C13H14F4N2O.ClH/c14-11-4-3-8(6-10(11)13(15,16)17)12(20)19-7-9-2-1-5-18-9;/h3-4,6,9,18H,1-2,5,7H2,(H,19,20);1H. The monoisotopic (exact) mass is 326 g/mol. The Bertz CT molecular complexity index is 501. The van der Waals surface area contributed by atoms with E-state index in [1.54, 1.807) is 0 Å². The van der Waals surface area contributed by atoms with Gasteiger partial charge in [-0.25, -0.2) is 4.39 Å². The second-order valence-electron chi connectivity index (χ2n) is 4.70. The van der Waals surface area contributed by atoms with Crippen LogP contribution in [0.15, 0.2) is 18.2 Å². The molecular formula is C13H15ClF4N2O. The highest BCUT2D eigenvalue weighted by molar-refractivity contribution is 5.94.